The average molecular weight is 915 g/mol. The van der Waals surface area contributed by atoms with Gasteiger partial charge in [0.1, 0.15) is 0 Å². The summed E-state index contributed by atoms with van der Waals surface area (Å²) in [6.07, 6.45) is 0. The molecular formula is C68H42N4. The van der Waals surface area contributed by atoms with Crippen LogP contribution in [0.3, 0.4) is 0 Å². The molecule has 4 nitrogen and oxygen atoms in total. The Morgan fingerprint density at radius 2 is 0.556 bits per heavy atom. The molecule has 2 bridgehead atoms. The van der Waals surface area contributed by atoms with E-state index in [1.54, 1.807) is 0 Å². The molecule has 0 fully saturated rings. The number of hydrogen-bond donors (Lipinski definition) is 0. The smallest absolute Gasteiger partial charge is 0.160 e. The summed E-state index contributed by atoms with van der Waals surface area (Å²) in [4.78, 5) is 21.4. The maximum Gasteiger partial charge on any atom is 0.160 e. The van der Waals surface area contributed by atoms with E-state index in [1.165, 1.54) is 76.5 Å². The van der Waals surface area contributed by atoms with Gasteiger partial charge in [-0.2, -0.15) is 0 Å². The van der Waals surface area contributed by atoms with Crippen LogP contribution in [0.4, 0.5) is 0 Å². The van der Waals surface area contributed by atoms with Crippen molar-refractivity contribution in [1.82, 2.24) is 19.9 Å². The summed E-state index contributed by atoms with van der Waals surface area (Å²) in [7, 11) is 0. The normalized spacial score (nSPS) is 14.4. The zero-order valence-corrected chi connectivity index (χ0v) is 39.0. The summed E-state index contributed by atoms with van der Waals surface area (Å²) in [6.45, 7) is 0. The highest BCUT2D eigenvalue weighted by Crippen LogP contribution is 2.56. The number of aromatic nitrogens is 4. The van der Waals surface area contributed by atoms with Crippen LogP contribution in [0, 0.1) is 0 Å². The van der Waals surface area contributed by atoms with E-state index in [2.05, 4.69) is 243 Å². The standard InChI is InChI=1S/C68H42N4/c1-3-15-43(16-4-1)61-39-63(47-27-31-53-45(35-47)25-23-41-13-7-9-19-51(41)53)71-67(69-61)49-29-33-57-59(37-49)65-55-21-11-12-22-56(55)66(57)60-38-50(30-34-58(60)65)68-70-62(44-17-5-2-6-18-44)40-64(72-68)48-28-32-54-46(36-48)26-24-42-14-8-10-20-52(42)54/h1-40,65-66H. The van der Waals surface area contributed by atoms with Crippen LogP contribution in [0.2, 0.25) is 0 Å². The van der Waals surface area contributed by atoms with Crippen molar-refractivity contribution in [1.29, 1.82) is 0 Å². The molecule has 16 rings (SSSR count). The summed E-state index contributed by atoms with van der Waals surface area (Å²) < 4.78 is 0. The second kappa shape index (κ2) is 16.1. The summed E-state index contributed by atoms with van der Waals surface area (Å²) in [5.74, 6) is 1.50. The number of rotatable bonds is 6. The number of fused-ring (bicyclic) bond motifs is 6. The van der Waals surface area contributed by atoms with Gasteiger partial charge in [0.2, 0.25) is 0 Å². The molecule has 72 heavy (non-hydrogen) atoms. The summed E-state index contributed by atoms with van der Waals surface area (Å²) >= 11 is 0. The lowest BCUT2D eigenvalue weighted by atomic mass is 9.61. The second-order valence-electron chi connectivity index (χ2n) is 19.3. The van der Waals surface area contributed by atoms with Crippen LogP contribution in [-0.4, -0.2) is 19.9 Å². The molecule has 4 heteroatoms. The Balaban J connectivity index is 0.846. The molecule has 2 aromatic heterocycles. The van der Waals surface area contributed by atoms with Crippen molar-refractivity contribution in [3.63, 3.8) is 0 Å². The Hall–Kier alpha value is -9.38. The minimum atomic E-state index is 0.0399. The van der Waals surface area contributed by atoms with E-state index >= 15 is 0 Å². The van der Waals surface area contributed by atoms with Gasteiger partial charge in [-0.1, -0.05) is 206 Å². The molecule has 3 aliphatic rings. The summed E-state index contributed by atoms with van der Waals surface area (Å²) in [6, 6.07) is 87.5. The van der Waals surface area contributed by atoms with Gasteiger partial charge in [0.25, 0.3) is 0 Å². The molecule has 334 valence electrons. The first kappa shape index (κ1) is 40.5. The minimum absolute atomic E-state index is 0.0399. The van der Waals surface area contributed by atoms with Crippen LogP contribution in [0.25, 0.3) is 111 Å². The molecule has 0 saturated carbocycles. The highest BCUT2D eigenvalue weighted by Gasteiger charge is 2.41. The van der Waals surface area contributed by atoms with Crippen molar-refractivity contribution in [2.45, 2.75) is 11.8 Å². The third kappa shape index (κ3) is 6.53. The lowest BCUT2D eigenvalue weighted by Gasteiger charge is -2.42. The Labute approximate surface area is 416 Å². The molecule has 0 spiro atoms. The van der Waals surface area contributed by atoms with Gasteiger partial charge >= 0.3 is 0 Å². The van der Waals surface area contributed by atoms with Crippen LogP contribution >= 0.6 is 0 Å². The van der Waals surface area contributed by atoms with E-state index in [9.17, 15) is 0 Å². The van der Waals surface area contributed by atoms with Gasteiger partial charge in [-0.3, -0.25) is 0 Å². The maximum absolute atomic E-state index is 5.37. The van der Waals surface area contributed by atoms with Gasteiger partial charge in [0.05, 0.1) is 22.8 Å². The first-order valence-electron chi connectivity index (χ1n) is 24.8. The highest BCUT2D eigenvalue weighted by molar-refractivity contribution is 6.09. The quantitative estimate of drug-likeness (QED) is 0.156. The van der Waals surface area contributed by atoms with Gasteiger partial charge in [0.15, 0.2) is 11.6 Å². The van der Waals surface area contributed by atoms with Gasteiger partial charge in [0, 0.05) is 45.2 Å². The van der Waals surface area contributed by atoms with Gasteiger partial charge in [-0.15, -0.1) is 0 Å². The van der Waals surface area contributed by atoms with E-state index < -0.39 is 0 Å². The van der Waals surface area contributed by atoms with Gasteiger partial charge in [-0.25, -0.2) is 19.9 Å². The SMILES string of the molecule is c1ccc(-c2cc(-c3ccc4c(ccc5ccccc54)c3)nc(-c3ccc4c(c3)C3c5ccccc5C4c4cc(-c5nc(-c6ccccc6)cc(-c6ccc7c(ccc8ccccc87)c6)n5)ccc43)n2)cc1. The molecule has 2 atom stereocenters. The van der Waals surface area contributed by atoms with Crippen LogP contribution in [-0.2, 0) is 0 Å². The Kier molecular flexibility index (Phi) is 9.05. The Morgan fingerprint density at radius 1 is 0.208 bits per heavy atom. The van der Waals surface area contributed by atoms with Crippen LogP contribution < -0.4 is 0 Å². The van der Waals surface area contributed by atoms with E-state index in [4.69, 9.17) is 19.9 Å². The molecule has 0 radical (unpaired) electrons. The first-order chi connectivity index (χ1) is 35.6. The number of nitrogens with zero attached hydrogens (tertiary/aromatic N) is 4. The van der Waals surface area contributed by atoms with Crippen LogP contribution in [0.1, 0.15) is 45.2 Å². The third-order valence-electron chi connectivity index (χ3n) is 15.2. The zero-order chi connectivity index (χ0) is 47.3. The Bertz CT molecular complexity index is 4070. The van der Waals surface area contributed by atoms with E-state index in [-0.39, 0.29) is 11.8 Å². The lowest BCUT2D eigenvalue weighted by molar-refractivity contribution is 0.754. The monoisotopic (exact) mass is 914 g/mol. The van der Waals surface area contributed by atoms with Gasteiger partial charge in [-0.05, 0) is 113 Å². The van der Waals surface area contributed by atoms with Crippen molar-refractivity contribution >= 4 is 43.1 Å². The first-order valence-corrected chi connectivity index (χ1v) is 24.8. The number of benzene rings is 11. The molecule has 11 aromatic carbocycles. The van der Waals surface area contributed by atoms with Crippen LogP contribution in [0.5, 0.6) is 0 Å². The van der Waals surface area contributed by atoms with E-state index in [1.807, 2.05) is 0 Å². The predicted octanol–water partition coefficient (Wildman–Crippen LogP) is 16.9. The Morgan fingerprint density at radius 3 is 1.01 bits per heavy atom. The topological polar surface area (TPSA) is 51.6 Å². The van der Waals surface area contributed by atoms with Crippen molar-refractivity contribution in [2.24, 2.45) is 0 Å². The molecule has 3 aliphatic carbocycles. The minimum Gasteiger partial charge on any atom is -0.228 e. The predicted molar refractivity (Wildman–Crippen MR) is 295 cm³/mol. The molecular weight excluding hydrogens is 873 g/mol. The fraction of sp³-hybridized carbons (Fsp3) is 0.0294. The summed E-state index contributed by atoms with van der Waals surface area (Å²) in [5.41, 5.74) is 17.8. The van der Waals surface area contributed by atoms with Crippen LogP contribution in [0.15, 0.2) is 243 Å². The van der Waals surface area contributed by atoms with Crippen molar-refractivity contribution in [2.75, 3.05) is 0 Å². The van der Waals surface area contributed by atoms with E-state index in [0.717, 1.165) is 56.2 Å². The largest absolute Gasteiger partial charge is 0.228 e. The molecule has 0 saturated heterocycles. The molecule has 2 unspecified atom stereocenters. The van der Waals surface area contributed by atoms with Gasteiger partial charge < -0.3 is 0 Å². The lowest BCUT2D eigenvalue weighted by Crippen LogP contribution is -2.27. The molecule has 13 aromatic rings. The average Bonchev–Trinajstić information content (AvgIpc) is 3.46. The highest BCUT2D eigenvalue weighted by atomic mass is 14.9. The maximum atomic E-state index is 5.37. The fourth-order valence-electron chi connectivity index (χ4n) is 11.8. The van der Waals surface area contributed by atoms with Crippen molar-refractivity contribution in [3.8, 4) is 67.8 Å². The van der Waals surface area contributed by atoms with Crippen molar-refractivity contribution in [3.05, 3.63) is 276 Å². The van der Waals surface area contributed by atoms with Crippen molar-refractivity contribution < 1.29 is 0 Å². The zero-order valence-electron chi connectivity index (χ0n) is 39.0. The number of hydrogen-bond acceptors (Lipinski definition) is 4. The third-order valence-corrected chi connectivity index (χ3v) is 15.2. The molecule has 2 heterocycles. The molecule has 0 amide bonds. The van der Waals surface area contributed by atoms with E-state index in [0.29, 0.717) is 11.6 Å². The summed E-state index contributed by atoms with van der Waals surface area (Å²) in [5, 5.41) is 9.83. The molecule has 0 aliphatic heterocycles. The molecule has 0 N–H and O–H groups in total. The second-order valence-corrected chi connectivity index (χ2v) is 19.3. The fourth-order valence-corrected chi connectivity index (χ4v) is 11.8.